The molecule has 1 saturated carbocycles. The molecule has 0 atom stereocenters. The number of benzene rings is 1. The third-order valence-electron chi connectivity index (χ3n) is 3.11. The van der Waals surface area contributed by atoms with E-state index in [9.17, 15) is 0 Å². The Kier molecular flexibility index (Phi) is 2.63. The van der Waals surface area contributed by atoms with Gasteiger partial charge in [-0.2, -0.15) is 0 Å². The molecule has 1 heterocycles. The fourth-order valence-corrected chi connectivity index (χ4v) is 1.94. The number of nitrogen functional groups attached to an aromatic ring is 1. The Morgan fingerprint density at radius 2 is 1.89 bits per heavy atom. The maximum Gasteiger partial charge on any atom is 0.161 e. The highest BCUT2D eigenvalue weighted by atomic mass is 16.5. The van der Waals surface area contributed by atoms with Crippen LogP contribution in [-0.4, -0.2) is 17.1 Å². The van der Waals surface area contributed by atoms with E-state index in [0.717, 1.165) is 17.0 Å². The molecule has 0 saturated heterocycles. The second-order valence-corrected chi connectivity index (χ2v) is 4.54. The lowest BCUT2D eigenvalue weighted by molar-refractivity contribution is 0.415. The number of nitrogens with two attached hydrogens (primary N) is 1. The average Bonchev–Trinajstić information content (AvgIpc) is 3.22. The molecule has 4 nitrogen and oxygen atoms in total. The van der Waals surface area contributed by atoms with Gasteiger partial charge in [-0.05, 0) is 37.1 Å². The highest BCUT2D eigenvalue weighted by molar-refractivity contribution is 5.58. The summed E-state index contributed by atoms with van der Waals surface area (Å²) < 4.78 is 5.14. The van der Waals surface area contributed by atoms with Crippen LogP contribution in [0, 0.1) is 0 Å². The third-order valence-corrected chi connectivity index (χ3v) is 3.11. The van der Waals surface area contributed by atoms with Crippen molar-refractivity contribution >= 4 is 5.82 Å². The molecule has 0 aliphatic heterocycles. The van der Waals surface area contributed by atoms with Gasteiger partial charge in [0.25, 0.3) is 0 Å². The van der Waals surface area contributed by atoms with Crippen molar-refractivity contribution in [3.05, 3.63) is 36.0 Å². The summed E-state index contributed by atoms with van der Waals surface area (Å²) in [5.74, 6) is 2.63. The predicted octanol–water partition coefficient (Wildman–Crippen LogP) is 2.61. The summed E-state index contributed by atoms with van der Waals surface area (Å²) in [7, 11) is 1.65. The SMILES string of the molecule is COc1ccc(-c2nc(N)cc(C3CC3)n2)cc1. The molecule has 4 heteroatoms. The van der Waals surface area contributed by atoms with Crippen molar-refractivity contribution < 1.29 is 4.74 Å². The van der Waals surface area contributed by atoms with E-state index in [1.54, 1.807) is 7.11 Å². The van der Waals surface area contributed by atoms with E-state index in [1.807, 2.05) is 30.3 Å². The molecule has 1 aliphatic carbocycles. The van der Waals surface area contributed by atoms with Crippen LogP contribution in [0.5, 0.6) is 5.75 Å². The molecule has 3 rings (SSSR count). The molecule has 0 bridgehead atoms. The van der Waals surface area contributed by atoms with E-state index in [4.69, 9.17) is 10.5 Å². The van der Waals surface area contributed by atoms with Gasteiger partial charge in [-0.3, -0.25) is 0 Å². The van der Waals surface area contributed by atoms with Crippen molar-refractivity contribution in [2.45, 2.75) is 18.8 Å². The zero-order valence-electron chi connectivity index (χ0n) is 10.3. The lowest BCUT2D eigenvalue weighted by atomic mass is 10.2. The number of anilines is 1. The first-order chi connectivity index (χ1) is 8.76. The van der Waals surface area contributed by atoms with Crippen LogP contribution in [0.2, 0.25) is 0 Å². The van der Waals surface area contributed by atoms with Crippen LogP contribution in [0.1, 0.15) is 24.5 Å². The molecule has 18 heavy (non-hydrogen) atoms. The number of hydrogen-bond acceptors (Lipinski definition) is 4. The summed E-state index contributed by atoms with van der Waals surface area (Å²) in [6.07, 6.45) is 2.41. The maximum atomic E-state index is 5.84. The molecule has 1 aromatic heterocycles. The molecular formula is C14H15N3O. The number of aromatic nitrogens is 2. The molecule has 1 aromatic carbocycles. The van der Waals surface area contributed by atoms with E-state index in [0.29, 0.717) is 17.6 Å². The van der Waals surface area contributed by atoms with E-state index < -0.39 is 0 Å². The first-order valence-electron chi connectivity index (χ1n) is 6.05. The Balaban J connectivity index is 1.98. The quantitative estimate of drug-likeness (QED) is 0.897. The van der Waals surface area contributed by atoms with Gasteiger partial charge in [-0.1, -0.05) is 0 Å². The highest BCUT2D eigenvalue weighted by Gasteiger charge is 2.26. The largest absolute Gasteiger partial charge is 0.497 e. The van der Waals surface area contributed by atoms with Gasteiger partial charge in [0.1, 0.15) is 11.6 Å². The van der Waals surface area contributed by atoms with Crippen molar-refractivity contribution in [2.24, 2.45) is 0 Å². The Morgan fingerprint density at radius 1 is 1.17 bits per heavy atom. The number of rotatable bonds is 3. The topological polar surface area (TPSA) is 61.0 Å². The van der Waals surface area contributed by atoms with Crippen molar-refractivity contribution in [3.8, 4) is 17.1 Å². The minimum atomic E-state index is 0.540. The van der Waals surface area contributed by atoms with Crippen molar-refractivity contribution in [2.75, 3.05) is 12.8 Å². The van der Waals surface area contributed by atoms with Crippen LogP contribution in [0.4, 0.5) is 5.82 Å². The molecule has 2 aromatic rings. The fourth-order valence-electron chi connectivity index (χ4n) is 1.94. The van der Waals surface area contributed by atoms with Gasteiger partial charge < -0.3 is 10.5 Å². The molecule has 2 N–H and O–H groups in total. The first kappa shape index (κ1) is 11.0. The summed E-state index contributed by atoms with van der Waals surface area (Å²) in [5.41, 5.74) is 7.87. The summed E-state index contributed by atoms with van der Waals surface area (Å²) in [6.45, 7) is 0. The maximum absolute atomic E-state index is 5.84. The monoisotopic (exact) mass is 241 g/mol. The van der Waals surface area contributed by atoms with Gasteiger partial charge in [0, 0.05) is 23.2 Å². The third kappa shape index (κ3) is 2.14. The van der Waals surface area contributed by atoms with E-state index in [2.05, 4.69) is 9.97 Å². The van der Waals surface area contributed by atoms with Crippen molar-refractivity contribution in [1.82, 2.24) is 9.97 Å². The van der Waals surface area contributed by atoms with E-state index in [1.165, 1.54) is 12.8 Å². The van der Waals surface area contributed by atoms with Crippen LogP contribution in [-0.2, 0) is 0 Å². The lowest BCUT2D eigenvalue weighted by Crippen LogP contribution is -1.99. The Labute approximate surface area is 106 Å². The fraction of sp³-hybridized carbons (Fsp3) is 0.286. The van der Waals surface area contributed by atoms with Crippen molar-refractivity contribution in [3.63, 3.8) is 0 Å². The van der Waals surface area contributed by atoms with Crippen molar-refractivity contribution in [1.29, 1.82) is 0 Å². The van der Waals surface area contributed by atoms with Gasteiger partial charge in [0.05, 0.1) is 7.11 Å². The second kappa shape index (κ2) is 4.29. The van der Waals surface area contributed by atoms with Crippen LogP contribution in [0.25, 0.3) is 11.4 Å². The van der Waals surface area contributed by atoms with Crippen LogP contribution >= 0.6 is 0 Å². The lowest BCUT2D eigenvalue weighted by Gasteiger charge is -2.06. The standard InChI is InChI=1S/C14H15N3O/c1-18-11-6-4-10(5-7-11)14-16-12(9-2-3-9)8-13(15)17-14/h4-9H,2-3H2,1H3,(H2,15,16,17). The molecular weight excluding hydrogens is 226 g/mol. The van der Waals surface area contributed by atoms with Crippen LogP contribution < -0.4 is 10.5 Å². The Hall–Kier alpha value is -2.10. The van der Waals surface area contributed by atoms with E-state index >= 15 is 0 Å². The summed E-state index contributed by atoms with van der Waals surface area (Å²) in [5, 5.41) is 0. The second-order valence-electron chi connectivity index (χ2n) is 4.54. The summed E-state index contributed by atoms with van der Waals surface area (Å²) >= 11 is 0. The number of hydrogen-bond donors (Lipinski definition) is 1. The van der Waals surface area contributed by atoms with Gasteiger partial charge in [0.15, 0.2) is 5.82 Å². The predicted molar refractivity (Wildman–Crippen MR) is 70.4 cm³/mol. The number of nitrogens with zero attached hydrogens (tertiary/aromatic N) is 2. The Morgan fingerprint density at radius 3 is 2.50 bits per heavy atom. The van der Waals surface area contributed by atoms with Crippen LogP contribution in [0.3, 0.4) is 0 Å². The van der Waals surface area contributed by atoms with Crippen LogP contribution in [0.15, 0.2) is 30.3 Å². The summed E-state index contributed by atoms with van der Waals surface area (Å²) in [4.78, 5) is 8.89. The molecule has 0 unspecified atom stereocenters. The first-order valence-corrected chi connectivity index (χ1v) is 6.05. The molecule has 0 spiro atoms. The number of methoxy groups -OCH3 is 1. The molecule has 1 fully saturated rings. The number of ether oxygens (including phenoxy) is 1. The highest BCUT2D eigenvalue weighted by Crippen LogP contribution is 2.39. The zero-order valence-corrected chi connectivity index (χ0v) is 10.3. The van der Waals surface area contributed by atoms with Gasteiger partial charge >= 0.3 is 0 Å². The normalized spacial score (nSPS) is 14.5. The minimum absolute atomic E-state index is 0.540. The summed E-state index contributed by atoms with van der Waals surface area (Å²) in [6, 6.07) is 9.58. The van der Waals surface area contributed by atoms with Gasteiger partial charge in [0.2, 0.25) is 0 Å². The molecule has 0 radical (unpaired) electrons. The van der Waals surface area contributed by atoms with Gasteiger partial charge in [-0.25, -0.2) is 9.97 Å². The Bertz CT molecular complexity index is 562. The average molecular weight is 241 g/mol. The van der Waals surface area contributed by atoms with Gasteiger partial charge in [-0.15, -0.1) is 0 Å². The van der Waals surface area contributed by atoms with E-state index in [-0.39, 0.29) is 0 Å². The molecule has 92 valence electrons. The smallest absolute Gasteiger partial charge is 0.161 e. The zero-order chi connectivity index (χ0) is 12.5. The minimum Gasteiger partial charge on any atom is -0.497 e. The molecule has 0 amide bonds. The molecule has 1 aliphatic rings.